The number of nitrogens with zero attached hydrogens (tertiary/aromatic N) is 2. The zero-order valence-electron chi connectivity index (χ0n) is 11.3. The van der Waals surface area contributed by atoms with Crippen molar-refractivity contribution in [3.05, 3.63) is 59.5 Å². The van der Waals surface area contributed by atoms with Gasteiger partial charge in [-0.25, -0.2) is 0 Å². The summed E-state index contributed by atoms with van der Waals surface area (Å²) >= 11 is 3.46. The van der Waals surface area contributed by atoms with E-state index in [1.165, 1.54) is 0 Å². The van der Waals surface area contributed by atoms with Crippen LogP contribution in [-0.4, -0.2) is 15.5 Å². The lowest BCUT2D eigenvalue weighted by Crippen LogP contribution is -2.14. The molecule has 0 aliphatic carbocycles. The second kappa shape index (κ2) is 6.10. The van der Waals surface area contributed by atoms with Crippen molar-refractivity contribution in [2.45, 2.75) is 13.0 Å². The fourth-order valence-corrected chi connectivity index (χ4v) is 2.63. The first kappa shape index (κ1) is 13.8. The molecule has 106 valence electrons. The first-order valence-corrected chi connectivity index (χ1v) is 7.46. The maximum Gasteiger partial charge on any atom is 0.226 e. The monoisotopic (exact) mass is 343 g/mol. The molecular formula is C16H14BrN3O. The number of anilines is 1. The second-order valence-electron chi connectivity index (χ2n) is 4.75. The van der Waals surface area contributed by atoms with Crippen molar-refractivity contribution in [2.75, 3.05) is 5.32 Å². The minimum Gasteiger partial charge on any atom is -0.347 e. The Balaban J connectivity index is 1.65. The number of carbonyl (C=O) groups is 1. The highest BCUT2D eigenvalue weighted by molar-refractivity contribution is 9.10. The van der Waals surface area contributed by atoms with Crippen LogP contribution in [0, 0.1) is 0 Å². The molecule has 4 nitrogen and oxygen atoms in total. The van der Waals surface area contributed by atoms with Crippen LogP contribution < -0.4 is 5.32 Å². The van der Waals surface area contributed by atoms with Gasteiger partial charge in [-0.15, -0.1) is 0 Å². The highest BCUT2D eigenvalue weighted by Crippen LogP contribution is 2.21. The van der Waals surface area contributed by atoms with Gasteiger partial charge in [0.1, 0.15) is 0 Å². The van der Waals surface area contributed by atoms with E-state index in [0.29, 0.717) is 13.0 Å². The molecule has 2 heterocycles. The highest BCUT2D eigenvalue weighted by Gasteiger charge is 2.05. The molecule has 0 aliphatic heterocycles. The molecule has 0 saturated carbocycles. The zero-order valence-corrected chi connectivity index (χ0v) is 12.9. The Morgan fingerprint density at radius 1 is 1.29 bits per heavy atom. The molecule has 0 saturated heterocycles. The van der Waals surface area contributed by atoms with Crippen LogP contribution in [0.4, 0.5) is 5.69 Å². The van der Waals surface area contributed by atoms with Gasteiger partial charge in [-0.2, -0.15) is 0 Å². The molecule has 0 bridgehead atoms. The Morgan fingerprint density at radius 3 is 3.00 bits per heavy atom. The van der Waals surface area contributed by atoms with E-state index in [1.54, 1.807) is 18.5 Å². The molecule has 1 aromatic carbocycles. The molecule has 1 N–H and O–H groups in total. The maximum atomic E-state index is 11.9. The van der Waals surface area contributed by atoms with Gasteiger partial charge in [-0.3, -0.25) is 9.78 Å². The van der Waals surface area contributed by atoms with Gasteiger partial charge < -0.3 is 9.88 Å². The predicted molar refractivity (Wildman–Crippen MR) is 87.1 cm³/mol. The summed E-state index contributed by atoms with van der Waals surface area (Å²) in [5.41, 5.74) is 1.86. The maximum absolute atomic E-state index is 11.9. The molecule has 2 aromatic heterocycles. The second-order valence-corrected chi connectivity index (χ2v) is 5.67. The van der Waals surface area contributed by atoms with Crippen LogP contribution in [-0.2, 0) is 11.3 Å². The fourth-order valence-electron chi connectivity index (χ4n) is 2.25. The molecule has 0 aliphatic rings. The number of benzene rings is 1. The Kier molecular flexibility index (Phi) is 4.01. The van der Waals surface area contributed by atoms with Gasteiger partial charge in [-0.1, -0.05) is 15.9 Å². The summed E-state index contributed by atoms with van der Waals surface area (Å²) in [6, 6.07) is 11.8. The van der Waals surface area contributed by atoms with Crippen molar-refractivity contribution in [3.8, 4) is 0 Å². The van der Waals surface area contributed by atoms with Crippen molar-refractivity contribution in [3.63, 3.8) is 0 Å². The standard InChI is InChI=1S/C16H14BrN3O/c17-13-3-4-15-12(10-13)5-8-20(15)9-6-16(21)19-14-2-1-7-18-11-14/h1-5,7-8,10-11H,6,9H2,(H,19,21). The first-order chi connectivity index (χ1) is 10.2. The largest absolute Gasteiger partial charge is 0.347 e. The Bertz CT molecular complexity index is 768. The summed E-state index contributed by atoms with van der Waals surface area (Å²) in [7, 11) is 0. The third-order valence-corrected chi connectivity index (χ3v) is 3.75. The average Bonchev–Trinajstić information content (AvgIpc) is 2.88. The molecule has 3 rings (SSSR count). The summed E-state index contributed by atoms with van der Waals surface area (Å²) < 4.78 is 3.15. The molecular weight excluding hydrogens is 330 g/mol. The fraction of sp³-hybridized carbons (Fsp3) is 0.125. The average molecular weight is 344 g/mol. The van der Waals surface area contributed by atoms with E-state index in [9.17, 15) is 4.79 Å². The van der Waals surface area contributed by atoms with E-state index < -0.39 is 0 Å². The normalized spacial score (nSPS) is 10.7. The van der Waals surface area contributed by atoms with Crippen LogP contribution in [0.5, 0.6) is 0 Å². The minimum absolute atomic E-state index is 0.0121. The van der Waals surface area contributed by atoms with Gasteiger partial charge in [0, 0.05) is 40.7 Å². The third kappa shape index (κ3) is 3.31. The molecule has 0 radical (unpaired) electrons. The molecule has 5 heteroatoms. The van der Waals surface area contributed by atoms with Gasteiger partial charge >= 0.3 is 0 Å². The molecule has 0 fully saturated rings. The summed E-state index contributed by atoms with van der Waals surface area (Å²) in [5, 5.41) is 4.00. The number of amides is 1. The molecule has 3 aromatic rings. The number of hydrogen-bond acceptors (Lipinski definition) is 2. The third-order valence-electron chi connectivity index (χ3n) is 3.26. The first-order valence-electron chi connectivity index (χ1n) is 6.67. The number of aryl methyl sites for hydroxylation is 1. The van der Waals surface area contributed by atoms with E-state index in [2.05, 4.69) is 49.0 Å². The van der Waals surface area contributed by atoms with Crippen LogP contribution in [0.15, 0.2) is 59.5 Å². The quantitative estimate of drug-likeness (QED) is 0.782. The van der Waals surface area contributed by atoms with Crippen LogP contribution >= 0.6 is 15.9 Å². The lowest BCUT2D eigenvalue weighted by molar-refractivity contribution is -0.116. The number of nitrogens with one attached hydrogen (secondary N) is 1. The lowest BCUT2D eigenvalue weighted by Gasteiger charge is -2.07. The Labute approximate surface area is 130 Å². The van der Waals surface area contributed by atoms with Gasteiger partial charge in [0.2, 0.25) is 5.91 Å². The van der Waals surface area contributed by atoms with E-state index in [1.807, 2.05) is 18.3 Å². The van der Waals surface area contributed by atoms with E-state index >= 15 is 0 Å². The van der Waals surface area contributed by atoms with Gasteiger partial charge in [-0.05, 0) is 36.4 Å². The minimum atomic E-state index is -0.0121. The molecule has 0 spiro atoms. The number of hydrogen-bond donors (Lipinski definition) is 1. The molecule has 21 heavy (non-hydrogen) atoms. The van der Waals surface area contributed by atoms with Crippen molar-refractivity contribution in [2.24, 2.45) is 0 Å². The number of carbonyl (C=O) groups excluding carboxylic acids is 1. The van der Waals surface area contributed by atoms with Gasteiger partial charge in [0.05, 0.1) is 11.9 Å². The van der Waals surface area contributed by atoms with Gasteiger partial charge in [0.15, 0.2) is 0 Å². The Morgan fingerprint density at radius 2 is 2.19 bits per heavy atom. The van der Waals surface area contributed by atoms with Crippen molar-refractivity contribution >= 4 is 38.4 Å². The summed E-state index contributed by atoms with van der Waals surface area (Å²) in [6.07, 6.45) is 5.75. The van der Waals surface area contributed by atoms with Crippen molar-refractivity contribution in [1.82, 2.24) is 9.55 Å². The smallest absolute Gasteiger partial charge is 0.226 e. The number of pyridine rings is 1. The SMILES string of the molecule is O=C(CCn1ccc2cc(Br)ccc21)Nc1cccnc1. The number of rotatable bonds is 4. The molecule has 1 amide bonds. The number of fused-ring (bicyclic) bond motifs is 1. The van der Waals surface area contributed by atoms with Crippen molar-refractivity contribution < 1.29 is 4.79 Å². The van der Waals surface area contributed by atoms with Gasteiger partial charge in [0.25, 0.3) is 0 Å². The van der Waals surface area contributed by atoms with Crippen LogP contribution in [0.2, 0.25) is 0 Å². The number of halogens is 1. The van der Waals surface area contributed by atoms with Crippen LogP contribution in [0.3, 0.4) is 0 Å². The van der Waals surface area contributed by atoms with Crippen molar-refractivity contribution in [1.29, 1.82) is 0 Å². The van der Waals surface area contributed by atoms with E-state index in [4.69, 9.17) is 0 Å². The van der Waals surface area contributed by atoms with E-state index in [0.717, 1.165) is 21.1 Å². The van der Waals surface area contributed by atoms with E-state index in [-0.39, 0.29) is 5.91 Å². The van der Waals surface area contributed by atoms with Crippen LogP contribution in [0.25, 0.3) is 10.9 Å². The highest BCUT2D eigenvalue weighted by atomic mass is 79.9. The molecule has 0 atom stereocenters. The predicted octanol–water partition coefficient (Wildman–Crippen LogP) is 3.83. The molecule has 0 unspecified atom stereocenters. The topological polar surface area (TPSA) is 46.9 Å². The Hall–Kier alpha value is -2.14. The summed E-state index contributed by atoms with van der Waals surface area (Å²) in [6.45, 7) is 0.650. The summed E-state index contributed by atoms with van der Waals surface area (Å²) in [5.74, 6) is -0.0121. The van der Waals surface area contributed by atoms with Crippen LogP contribution in [0.1, 0.15) is 6.42 Å². The lowest BCUT2D eigenvalue weighted by atomic mass is 10.2. The summed E-state index contributed by atoms with van der Waals surface area (Å²) in [4.78, 5) is 15.9. The zero-order chi connectivity index (χ0) is 14.7. The number of aromatic nitrogens is 2.